The topological polar surface area (TPSA) is 42.7 Å². The fourth-order valence-electron chi connectivity index (χ4n) is 2.27. The average molecular weight is 228 g/mol. The first-order valence-electron chi connectivity index (χ1n) is 6.09. The number of hydrogen-bond acceptors (Lipinski definition) is 3. The van der Waals surface area contributed by atoms with Crippen LogP contribution in [0, 0.1) is 0 Å². The van der Waals surface area contributed by atoms with Gasteiger partial charge in [-0.1, -0.05) is 6.07 Å². The van der Waals surface area contributed by atoms with Crippen molar-refractivity contribution in [2.45, 2.75) is 25.4 Å². The summed E-state index contributed by atoms with van der Waals surface area (Å²) in [5, 5.41) is 7.87. The molecule has 0 aromatic carbocycles. The second-order valence-electron chi connectivity index (χ2n) is 4.46. The first-order valence-corrected chi connectivity index (χ1v) is 6.09. The fraction of sp³-hybridized carbons (Fsp3) is 0.385. The van der Waals surface area contributed by atoms with E-state index in [9.17, 15) is 0 Å². The van der Waals surface area contributed by atoms with Gasteiger partial charge in [-0.25, -0.2) is 0 Å². The molecule has 1 N–H and O–H groups in total. The van der Waals surface area contributed by atoms with Gasteiger partial charge >= 0.3 is 0 Å². The van der Waals surface area contributed by atoms with Crippen LogP contribution >= 0.6 is 0 Å². The zero-order chi connectivity index (χ0) is 11.5. The van der Waals surface area contributed by atoms with Crippen molar-refractivity contribution in [2.75, 3.05) is 6.54 Å². The standard InChI is InChI=1S/C13H16N4/c1-2-6-15-13(5-1)11-8-16-17(9-11)10-12-4-3-7-14-12/h1-2,5-6,8-9,12,14H,3-4,7,10H2/t12-/m0/s1. The molecule has 2 aromatic rings. The highest BCUT2D eigenvalue weighted by atomic mass is 15.3. The quantitative estimate of drug-likeness (QED) is 0.869. The number of aromatic nitrogens is 3. The summed E-state index contributed by atoms with van der Waals surface area (Å²) >= 11 is 0. The molecule has 4 heteroatoms. The van der Waals surface area contributed by atoms with E-state index in [0.717, 1.165) is 24.3 Å². The maximum Gasteiger partial charge on any atom is 0.0733 e. The Balaban J connectivity index is 1.74. The maximum absolute atomic E-state index is 4.39. The lowest BCUT2D eigenvalue weighted by Crippen LogP contribution is -2.26. The second kappa shape index (κ2) is 4.67. The molecule has 0 saturated carbocycles. The summed E-state index contributed by atoms with van der Waals surface area (Å²) in [6.45, 7) is 2.09. The third kappa shape index (κ3) is 2.36. The van der Waals surface area contributed by atoms with Crippen LogP contribution in [0.25, 0.3) is 11.3 Å². The van der Waals surface area contributed by atoms with Crippen LogP contribution in [0.4, 0.5) is 0 Å². The maximum atomic E-state index is 4.39. The van der Waals surface area contributed by atoms with Crippen molar-refractivity contribution in [3.05, 3.63) is 36.8 Å². The van der Waals surface area contributed by atoms with E-state index >= 15 is 0 Å². The Morgan fingerprint density at radius 1 is 1.41 bits per heavy atom. The molecule has 1 aliphatic heterocycles. The van der Waals surface area contributed by atoms with Crippen molar-refractivity contribution < 1.29 is 0 Å². The van der Waals surface area contributed by atoms with Crippen molar-refractivity contribution in [2.24, 2.45) is 0 Å². The molecule has 1 atom stereocenters. The Hall–Kier alpha value is -1.68. The molecule has 4 nitrogen and oxygen atoms in total. The van der Waals surface area contributed by atoms with Crippen molar-refractivity contribution in [1.29, 1.82) is 0 Å². The highest BCUT2D eigenvalue weighted by Crippen LogP contribution is 2.15. The summed E-state index contributed by atoms with van der Waals surface area (Å²) in [6, 6.07) is 6.51. The molecule has 3 heterocycles. The van der Waals surface area contributed by atoms with Gasteiger partial charge in [-0.15, -0.1) is 0 Å². The molecule has 0 aliphatic carbocycles. The highest BCUT2D eigenvalue weighted by molar-refractivity contribution is 5.56. The summed E-state index contributed by atoms with van der Waals surface area (Å²) in [6.07, 6.45) is 8.29. The van der Waals surface area contributed by atoms with E-state index in [0.29, 0.717) is 6.04 Å². The number of pyridine rings is 1. The molecule has 2 aromatic heterocycles. The van der Waals surface area contributed by atoms with Crippen molar-refractivity contribution in [1.82, 2.24) is 20.1 Å². The molecule has 0 amide bonds. The van der Waals surface area contributed by atoms with E-state index in [2.05, 4.69) is 21.6 Å². The summed E-state index contributed by atoms with van der Waals surface area (Å²) < 4.78 is 2.01. The predicted molar refractivity (Wildman–Crippen MR) is 66.5 cm³/mol. The third-order valence-corrected chi connectivity index (χ3v) is 3.16. The van der Waals surface area contributed by atoms with Crippen molar-refractivity contribution in [3.8, 4) is 11.3 Å². The number of hydrogen-bond donors (Lipinski definition) is 1. The minimum Gasteiger partial charge on any atom is -0.312 e. The molecule has 0 bridgehead atoms. The summed E-state index contributed by atoms with van der Waals surface area (Å²) in [5.41, 5.74) is 2.07. The Kier molecular flexibility index (Phi) is 2.88. The Labute approximate surface area is 101 Å². The molecule has 1 fully saturated rings. The second-order valence-corrected chi connectivity index (χ2v) is 4.46. The fourth-order valence-corrected chi connectivity index (χ4v) is 2.27. The molecular formula is C13H16N4. The lowest BCUT2D eigenvalue weighted by Gasteiger charge is -2.09. The van der Waals surface area contributed by atoms with Gasteiger partial charge in [0.15, 0.2) is 0 Å². The van der Waals surface area contributed by atoms with Gasteiger partial charge in [0.2, 0.25) is 0 Å². The van der Waals surface area contributed by atoms with E-state index in [4.69, 9.17) is 0 Å². The van der Waals surface area contributed by atoms with Gasteiger partial charge in [-0.3, -0.25) is 9.67 Å². The summed E-state index contributed by atoms with van der Waals surface area (Å²) in [5.74, 6) is 0. The number of nitrogens with one attached hydrogen (secondary N) is 1. The largest absolute Gasteiger partial charge is 0.312 e. The van der Waals surface area contributed by atoms with E-state index in [1.807, 2.05) is 35.3 Å². The Morgan fingerprint density at radius 2 is 2.41 bits per heavy atom. The predicted octanol–water partition coefficient (Wildman–Crippen LogP) is 1.70. The summed E-state index contributed by atoms with van der Waals surface area (Å²) in [7, 11) is 0. The van der Waals surface area contributed by atoms with Crippen molar-refractivity contribution in [3.63, 3.8) is 0 Å². The Bertz CT molecular complexity index is 471. The molecule has 1 aliphatic rings. The van der Waals surface area contributed by atoms with Gasteiger partial charge in [-0.05, 0) is 31.5 Å². The molecule has 0 spiro atoms. The van der Waals surface area contributed by atoms with Gasteiger partial charge in [0, 0.05) is 24.0 Å². The normalized spacial score (nSPS) is 19.6. The molecule has 3 rings (SSSR count). The first kappa shape index (κ1) is 10.5. The summed E-state index contributed by atoms with van der Waals surface area (Å²) in [4.78, 5) is 4.33. The zero-order valence-electron chi connectivity index (χ0n) is 9.71. The van der Waals surface area contributed by atoms with E-state index in [1.54, 1.807) is 0 Å². The van der Waals surface area contributed by atoms with Crippen LogP contribution in [0.15, 0.2) is 36.8 Å². The molecule has 1 saturated heterocycles. The Morgan fingerprint density at radius 3 is 3.18 bits per heavy atom. The van der Waals surface area contributed by atoms with Crippen LogP contribution in [-0.2, 0) is 6.54 Å². The smallest absolute Gasteiger partial charge is 0.0733 e. The average Bonchev–Trinajstić information content (AvgIpc) is 3.02. The van der Waals surface area contributed by atoms with Crippen molar-refractivity contribution >= 4 is 0 Å². The minimum atomic E-state index is 0.575. The lowest BCUT2D eigenvalue weighted by atomic mass is 10.2. The van der Waals surface area contributed by atoms with Crippen LogP contribution in [0.1, 0.15) is 12.8 Å². The van der Waals surface area contributed by atoms with E-state index in [-0.39, 0.29) is 0 Å². The molecule has 17 heavy (non-hydrogen) atoms. The van der Waals surface area contributed by atoms with Crippen LogP contribution in [0.3, 0.4) is 0 Å². The number of rotatable bonds is 3. The lowest BCUT2D eigenvalue weighted by molar-refractivity contribution is 0.476. The molecule has 88 valence electrons. The van der Waals surface area contributed by atoms with Crippen LogP contribution in [0.2, 0.25) is 0 Å². The molecule has 0 radical (unpaired) electrons. The zero-order valence-corrected chi connectivity index (χ0v) is 9.71. The van der Waals surface area contributed by atoms with Crippen LogP contribution in [-0.4, -0.2) is 27.4 Å². The SMILES string of the molecule is c1ccc(-c2cnn(C[C@@H]3CCCN3)c2)nc1. The van der Waals surface area contributed by atoms with Gasteiger partial charge in [-0.2, -0.15) is 5.10 Å². The van der Waals surface area contributed by atoms with E-state index < -0.39 is 0 Å². The van der Waals surface area contributed by atoms with Crippen LogP contribution < -0.4 is 5.32 Å². The monoisotopic (exact) mass is 228 g/mol. The van der Waals surface area contributed by atoms with E-state index in [1.165, 1.54) is 12.8 Å². The van der Waals surface area contributed by atoms with Gasteiger partial charge in [0.25, 0.3) is 0 Å². The minimum absolute atomic E-state index is 0.575. The molecular weight excluding hydrogens is 212 g/mol. The van der Waals surface area contributed by atoms with Crippen LogP contribution in [0.5, 0.6) is 0 Å². The third-order valence-electron chi connectivity index (χ3n) is 3.16. The first-order chi connectivity index (χ1) is 8.42. The number of nitrogens with zero attached hydrogens (tertiary/aromatic N) is 3. The van der Waals surface area contributed by atoms with Gasteiger partial charge in [0.1, 0.15) is 0 Å². The molecule has 0 unspecified atom stereocenters. The highest BCUT2D eigenvalue weighted by Gasteiger charge is 2.14. The van der Waals surface area contributed by atoms with Gasteiger partial charge in [0.05, 0.1) is 18.4 Å². The van der Waals surface area contributed by atoms with Gasteiger partial charge < -0.3 is 5.32 Å².